The van der Waals surface area contributed by atoms with Crippen molar-refractivity contribution in [3.8, 4) is 34.4 Å². The highest BCUT2D eigenvalue weighted by Gasteiger charge is 2.22. The number of pyridine rings is 2. The highest BCUT2D eigenvalue weighted by Crippen LogP contribution is 2.43. The van der Waals surface area contributed by atoms with Crippen LogP contribution in [0.1, 0.15) is 10.4 Å². The molecular weight excluding hydrogens is 536 g/mol. The summed E-state index contributed by atoms with van der Waals surface area (Å²) >= 11 is 0. The number of carbonyl (C=O) groups excluding carboxylic acids is 1. The van der Waals surface area contributed by atoms with E-state index in [0.717, 1.165) is 10.6 Å². The van der Waals surface area contributed by atoms with Crippen LogP contribution in [-0.2, 0) is 0 Å². The number of halogens is 2. The highest BCUT2D eigenvalue weighted by molar-refractivity contribution is 6.06. The van der Waals surface area contributed by atoms with Crippen molar-refractivity contribution < 1.29 is 32.5 Å². The number of anilines is 1. The fourth-order valence-corrected chi connectivity index (χ4v) is 4.48. The van der Waals surface area contributed by atoms with Crippen molar-refractivity contribution in [3.05, 3.63) is 107 Å². The molecule has 1 aliphatic rings. The third kappa shape index (κ3) is 4.89. The number of rotatable bonds is 6. The molecule has 0 unspecified atom stereocenters. The van der Waals surface area contributed by atoms with Crippen molar-refractivity contribution in [2.24, 2.45) is 0 Å². The normalized spacial score (nSPS) is 12.2. The van der Waals surface area contributed by atoms with Crippen LogP contribution in [0.25, 0.3) is 16.6 Å². The lowest BCUT2D eigenvalue weighted by Crippen LogP contribution is -2.29. The average molecular weight is 558 g/mol. The van der Waals surface area contributed by atoms with Gasteiger partial charge in [0, 0.05) is 24.1 Å². The van der Waals surface area contributed by atoms with Crippen LogP contribution in [0.4, 0.5) is 14.5 Å². The first-order valence-corrected chi connectivity index (χ1v) is 12.4. The van der Waals surface area contributed by atoms with E-state index in [0.29, 0.717) is 47.1 Å². The van der Waals surface area contributed by atoms with Gasteiger partial charge in [-0.15, -0.1) is 0 Å². The maximum atomic E-state index is 15.2. The Labute approximate surface area is 231 Å². The Hall–Kier alpha value is -5.45. The Bertz CT molecular complexity index is 1860. The summed E-state index contributed by atoms with van der Waals surface area (Å²) in [6, 6.07) is 15.6. The predicted molar refractivity (Wildman–Crippen MR) is 146 cm³/mol. The van der Waals surface area contributed by atoms with Gasteiger partial charge in [0.2, 0.25) is 0 Å². The minimum atomic E-state index is -0.889. The van der Waals surface area contributed by atoms with Gasteiger partial charge in [0.15, 0.2) is 11.5 Å². The molecule has 0 bridgehead atoms. The number of nitrogens with zero attached hydrogens (tertiary/aromatic N) is 2. The maximum Gasteiger partial charge on any atom is 0.271 e. The second-order valence-electron chi connectivity index (χ2n) is 8.90. The van der Waals surface area contributed by atoms with Gasteiger partial charge in [0.1, 0.15) is 47.7 Å². The molecule has 1 aliphatic heterocycles. The van der Waals surface area contributed by atoms with Crippen LogP contribution >= 0.6 is 0 Å². The zero-order chi connectivity index (χ0) is 28.5. The molecule has 1 amide bonds. The molecule has 3 heterocycles. The molecule has 9 nitrogen and oxygen atoms in total. The molecule has 0 spiro atoms. The summed E-state index contributed by atoms with van der Waals surface area (Å²) in [4.78, 5) is 30.7. The van der Waals surface area contributed by atoms with Gasteiger partial charge < -0.3 is 24.3 Å². The van der Waals surface area contributed by atoms with Crippen molar-refractivity contribution in [2.45, 2.75) is 0 Å². The van der Waals surface area contributed by atoms with Crippen LogP contribution in [0, 0.1) is 11.6 Å². The zero-order valence-corrected chi connectivity index (χ0v) is 21.5. The second kappa shape index (κ2) is 10.6. The molecule has 0 saturated heterocycles. The second-order valence-corrected chi connectivity index (χ2v) is 8.90. The summed E-state index contributed by atoms with van der Waals surface area (Å²) in [5.74, 6) is -0.600. The van der Waals surface area contributed by atoms with Crippen LogP contribution in [0.5, 0.6) is 28.7 Å². The molecule has 3 aromatic carbocycles. The molecule has 0 atom stereocenters. The number of amides is 1. The predicted octanol–water partition coefficient (Wildman–Crippen LogP) is 5.49. The number of hydrogen-bond donors (Lipinski definition) is 1. The van der Waals surface area contributed by atoms with E-state index in [2.05, 4.69) is 10.3 Å². The fraction of sp³-hybridized carbons (Fsp3) is 0.100. The van der Waals surface area contributed by atoms with Gasteiger partial charge in [-0.2, -0.15) is 0 Å². The molecule has 11 heteroatoms. The molecule has 0 radical (unpaired) electrons. The number of aromatic nitrogens is 2. The van der Waals surface area contributed by atoms with E-state index >= 15 is 4.39 Å². The van der Waals surface area contributed by atoms with Gasteiger partial charge in [0.25, 0.3) is 11.5 Å². The van der Waals surface area contributed by atoms with Gasteiger partial charge in [-0.25, -0.2) is 8.78 Å². The van der Waals surface area contributed by atoms with Crippen molar-refractivity contribution in [2.75, 3.05) is 25.6 Å². The number of nitrogens with one attached hydrogen (secondary N) is 1. The monoisotopic (exact) mass is 557 g/mol. The number of methoxy groups -OCH3 is 1. The van der Waals surface area contributed by atoms with Crippen LogP contribution in [0.15, 0.2) is 83.9 Å². The summed E-state index contributed by atoms with van der Waals surface area (Å²) in [6.45, 7) is 0.785. The number of carbonyl (C=O) groups is 1. The van der Waals surface area contributed by atoms with E-state index in [9.17, 15) is 14.0 Å². The van der Waals surface area contributed by atoms with Gasteiger partial charge >= 0.3 is 0 Å². The lowest BCUT2D eigenvalue weighted by molar-refractivity contribution is 0.102. The topological polar surface area (TPSA) is 101 Å². The molecule has 5 aromatic rings. The fourth-order valence-electron chi connectivity index (χ4n) is 4.48. The summed E-state index contributed by atoms with van der Waals surface area (Å²) in [7, 11) is 1.30. The number of fused-ring (bicyclic) bond motifs is 3. The Balaban J connectivity index is 1.28. The number of hydrogen-bond acceptors (Lipinski definition) is 7. The van der Waals surface area contributed by atoms with Crippen LogP contribution < -0.4 is 29.8 Å². The Kier molecular flexibility index (Phi) is 6.68. The largest absolute Gasteiger partial charge is 0.496 e. The van der Waals surface area contributed by atoms with E-state index in [1.807, 2.05) is 0 Å². The van der Waals surface area contributed by atoms with Gasteiger partial charge in [-0.05, 0) is 60.7 Å². The summed E-state index contributed by atoms with van der Waals surface area (Å²) in [5.41, 5.74) is -0.321. The molecular formula is C30H21F2N3O6. The van der Waals surface area contributed by atoms with E-state index < -0.39 is 23.1 Å². The Morgan fingerprint density at radius 2 is 1.78 bits per heavy atom. The highest BCUT2D eigenvalue weighted by atomic mass is 19.1. The quantitative estimate of drug-likeness (QED) is 0.295. The summed E-state index contributed by atoms with van der Waals surface area (Å²) in [6.07, 6.45) is 2.96. The van der Waals surface area contributed by atoms with Crippen molar-refractivity contribution >= 4 is 22.5 Å². The molecule has 0 aliphatic carbocycles. The first kappa shape index (κ1) is 25.8. The average Bonchev–Trinajstić information content (AvgIpc) is 2.98. The van der Waals surface area contributed by atoms with E-state index in [4.69, 9.17) is 18.9 Å². The molecule has 2 aromatic heterocycles. The molecule has 206 valence electrons. The van der Waals surface area contributed by atoms with Crippen molar-refractivity contribution in [1.29, 1.82) is 0 Å². The van der Waals surface area contributed by atoms with Gasteiger partial charge in [-0.3, -0.25) is 19.1 Å². The smallest absolute Gasteiger partial charge is 0.271 e. The standard InChI is InChI=1S/C30H21F2N3O6/c1-38-23-11-13-35(18-4-2-17(31)3-5-18)30(37)27(23)29(36)34-21-7-6-19(16-20(21)32)41-24-10-12-33-22-8-9-25-28(26(22)24)40-15-14-39-25/h2-13,16H,14-15H2,1H3,(H,34,36). The molecule has 1 N–H and O–H groups in total. The third-order valence-electron chi connectivity index (χ3n) is 6.40. The van der Waals surface area contributed by atoms with Crippen LogP contribution in [0.2, 0.25) is 0 Å². The van der Waals surface area contributed by atoms with Crippen molar-refractivity contribution in [1.82, 2.24) is 9.55 Å². The molecule has 41 heavy (non-hydrogen) atoms. The van der Waals surface area contributed by atoms with Gasteiger partial charge in [0.05, 0.1) is 23.7 Å². The number of ether oxygens (including phenoxy) is 4. The van der Waals surface area contributed by atoms with Crippen molar-refractivity contribution in [3.63, 3.8) is 0 Å². The SMILES string of the molecule is COc1ccn(-c2ccc(F)cc2)c(=O)c1C(=O)Nc1ccc(Oc2ccnc3ccc4c(c23)OCCO4)cc1F. The first-order valence-electron chi connectivity index (χ1n) is 12.4. The van der Waals surface area contributed by atoms with Crippen LogP contribution in [-0.4, -0.2) is 35.8 Å². The molecule has 0 fully saturated rings. The lowest BCUT2D eigenvalue weighted by atomic mass is 10.1. The van der Waals surface area contributed by atoms with Crippen LogP contribution in [0.3, 0.4) is 0 Å². The Morgan fingerprint density at radius 1 is 0.976 bits per heavy atom. The minimum Gasteiger partial charge on any atom is -0.496 e. The van der Waals surface area contributed by atoms with Gasteiger partial charge in [-0.1, -0.05) is 0 Å². The summed E-state index contributed by atoms with van der Waals surface area (Å²) < 4.78 is 52.4. The first-order chi connectivity index (χ1) is 19.9. The third-order valence-corrected chi connectivity index (χ3v) is 6.40. The minimum absolute atomic E-state index is 0.00896. The van der Waals surface area contributed by atoms with E-state index in [-0.39, 0.29) is 22.7 Å². The molecule has 6 rings (SSSR count). The zero-order valence-electron chi connectivity index (χ0n) is 21.5. The number of benzene rings is 3. The maximum absolute atomic E-state index is 15.2. The Morgan fingerprint density at radius 3 is 2.56 bits per heavy atom. The van der Waals surface area contributed by atoms with E-state index in [1.165, 1.54) is 55.8 Å². The van der Waals surface area contributed by atoms with E-state index in [1.54, 1.807) is 24.4 Å². The summed E-state index contributed by atoms with van der Waals surface area (Å²) in [5, 5.41) is 3.00. The molecule has 0 saturated carbocycles. The lowest BCUT2D eigenvalue weighted by Gasteiger charge is -2.21.